The van der Waals surface area contributed by atoms with Crippen molar-refractivity contribution in [3.63, 3.8) is 0 Å². The number of benzene rings is 1. The molecular weight excluding hydrogens is 184 g/mol. The van der Waals surface area contributed by atoms with Gasteiger partial charge in [0.1, 0.15) is 5.75 Å². The highest BCUT2D eigenvalue weighted by atomic mass is 16.3. The van der Waals surface area contributed by atoms with Gasteiger partial charge >= 0.3 is 0 Å². The molecule has 0 atom stereocenters. The Balaban J connectivity index is 2.05. The molecule has 15 heavy (non-hydrogen) atoms. The number of phenolic OH excluding ortho intramolecular Hbond substituents is 1. The maximum atomic E-state index is 9.77. The van der Waals surface area contributed by atoms with Crippen molar-refractivity contribution in [3.05, 3.63) is 29.3 Å². The fraction of sp³-hybridized carbons (Fsp3) is 0.571. The molecule has 1 fully saturated rings. The van der Waals surface area contributed by atoms with Gasteiger partial charge in [-0.1, -0.05) is 49.8 Å². The highest BCUT2D eigenvalue weighted by Gasteiger charge is 2.15. The Labute approximate surface area is 92.1 Å². The van der Waals surface area contributed by atoms with E-state index in [-0.39, 0.29) is 0 Å². The second-order valence-electron chi connectivity index (χ2n) is 4.84. The minimum atomic E-state index is 0.478. The summed E-state index contributed by atoms with van der Waals surface area (Å²) in [5.74, 6) is 1.28. The van der Waals surface area contributed by atoms with E-state index in [1.807, 2.05) is 12.1 Å². The molecule has 1 aliphatic rings. The van der Waals surface area contributed by atoms with Gasteiger partial charge in [0.25, 0.3) is 0 Å². The lowest BCUT2D eigenvalue weighted by Crippen LogP contribution is -2.09. The molecule has 2 rings (SSSR count). The lowest BCUT2D eigenvalue weighted by Gasteiger charge is -2.22. The van der Waals surface area contributed by atoms with E-state index in [9.17, 15) is 5.11 Å². The molecule has 0 amide bonds. The van der Waals surface area contributed by atoms with Crippen LogP contribution in [0.4, 0.5) is 0 Å². The number of rotatable bonds is 2. The van der Waals surface area contributed by atoms with E-state index in [1.54, 1.807) is 0 Å². The Morgan fingerprint density at radius 1 is 1.20 bits per heavy atom. The maximum absolute atomic E-state index is 9.77. The van der Waals surface area contributed by atoms with Crippen LogP contribution in [0, 0.1) is 12.8 Å². The van der Waals surface area contributed by atoms with Crippen LogP contribution in [0.25, 0.3) is 0 Å². The van der Waals surface area contributed by atoms with E-state index in [0.717, 1.165) is 17.9 Å². The molecule has 1 saturated carbocycles. The van der Waals surface area contributed by atoms with Gasteiger partial charge in [-0.25, -0.2) is 0 Å². The first-order chi connectivity index (χ1) is 7.25. The van der Waals surface area contributed by atoms with Gasteiger partial charge in [-0.2, -0.15) is 0 Å². The summed E-state index contributed by atoms with van der Waals surface area (Å²) < 4.78 is 0. The van der Waals surface area contributed by atoms with Gasteiger partial charge in [-0.15, -0.1) is 0 Å². The number of phenols is 1. The van der Waals surface area contributed by atoms with Crippen molar-refractivity contribution in [1.82, 2.24) is 0 Å². The molecule has 1 nitrogen and oxygen atoms in total. The van der Waals surface area contributed by atoms with Crippen LogP contribution in [0.1, 0.15) is 43.2 Å². The molecule has 0 saturated heterocycles. The maximum Gasteiger partial charge on any atom is 0.118 e. The molecule has 0 radical (unpaired) electrons. The molecule has 1 heteroatoms. The zero-order chi connectivity index (χ0) is 10.7. The van der Waals surface area contributed by atoms with Crippen molar-refractivity contribution in [3.8, 4) is 5.75 Å². The second-order valence-corrected chi connectivity index (χ2v) is 4.84. The van der Waals surface area contributed by atoms with Crippen molar-refractivity contribution >= 4 is 0 Å². The third kappa shape index (κ3) is 2.74. The van der Waals surface area contributed by atoms with Crippen molar-refractivity contribution in [2.24, 2.45) is 5.92 Å². The van der Waals surface area contributed by atoms with Gasteiger partial charge in [0, 0.05) is 0 Å². The van der Waals surface area contributed by atoms with Crippen molar-refractivity contribution in [2.45, 2.75) is 45.4 Å². The molecular formula is C14H20O. The van der Waals surface area contributed by atoms with Gasteiger partial charge in [-0.3, -0.25) is 0 Å². The molecule has 1 aromatic carbocycles. The molecule has 0 bridgehead atoms. The minimum Gasteiger partial charge on any atom is -0.508 e. The molecule has 1 aromatic rings. The summed E-state index contributed by atoms with van der Waals surface area (Å²) in [7, 11) is 0. The lowest BCUT2D eigenvalue weighted by molar-refractivity contribution is 0.351. The first kappa shape index (κ1) is 10.5. The van der Waals surface area contributed by atoms with E-state index in [1.165, 1.54) is 37.7 Å². The molecule has 0 aliphatic heterocycles. The largest absolute Gasteiger partial charge is 0.508 e. The topological polar surface area (TPSA) is 20.2 Å². The molecule has 0 spiro atoms. The average molecular weight is 204 g/mol. The number of hydrogen-bond donors (Lipinski definition) is 1. The Hall–Kier alpha value is -0.980. The number of hydrogen-bond acceptors (Lipinski definition) is 1. The summed E-state index contributed by atoms with van der Waals surface area (Å²) in [5.41, 5.74) is 2.39. The molecule has 0 heterocycles. The predicted molar refractivity (Wildman–Crippen MR) is 63.1 cm³/mol. The third-order valence-corrected chi connectivity index (χ3v) is 3.47. The van der Waals surface area contributed by atoms with Crippen LogP contribution < -0.4 is 0 Å². The van der Waals surface area contributed by atoms with Crippen molar-refractivity contribution < 1.29 is 5.11 Å². The van der Waals surface area contributed by atoms with E-state index in [0.29, 0.717) is 5.75 Å². The Morgan fingerprint density at radius 3 is 2.67 bits per heavy atom. The van der Waals surface area contributed by atoms with Crippen molar-refractivity contribution in [2.75, 3.05) is 0 Å². The van der Waals surface area contributed by atoms with Gasteiger partial charge < -0.3 is 5.11 Å². The van der Waals surface area contributed by atoms with Gasteiger partial charge in [-0.05, 0) is 30.9 Å². The van der Waals surface area contributed by atoms with Crippen LogP contribution in [-0.4, -0.2) is 5.11 Å². The summed E-state index contributed by atoms with van der Waals surface area (Å²) >= 11 is 0. The van der Waals surface area contributed by atoms with Crippen LogP contribution in [0.5, 0.6) is 5.75 Å². The molecule has 1 aliphatic carbocycles. The summed E-state index contributed by atoms with van der Waals surface area (Å²) in [5, 5.41) is 9.77. The van der Waals surface area contributed by atoms with Crippen LogP contribution in [0.2, 0.25) is 0 Å². The summed E-state index contributed by atoms with van der Waals surface area (Å²) in [6.07, 6.45) is 7.89. The van der Waals surface area contributed by atoms with Gasteiger partial charge in [0.2, 0.25) is 0 Å². The third-order valence-electron chi connectivity index (χ3n) is 3.47. The first-order valence-corrected chi connectivity index (χ1v) is 6.04. The lowest BCUT2D eigenvalue weighted by atomic mass is 9.84. The van der Waals surface area contributed by atoms with Crippen molar-refractivity contribution in [1.29, 1.82) is 0 Å². The predicted octanol–water partition coefficient (Wildman–Crippen LogP) is 3.82. The van der Waals surface area contributed by atoms with Gasteiger partial charge in [0.15, 0.2) is 0 Å². The van der Waals surface area contributed by atoms with E-state index in [2.05, 4.69) is 13.0 Å². The fourth-order valence-electron chi connectivity index (χ4n) is 2.58. The average Bonchev–Trinajstić information content (AvgIpc) is 2.25. The minimum absolute atomic E-state index is 0.478. The zero-order valence-electron chi connectivity index (χ0n) is 9.50. The molecule has 0 unspecified atom stereocenters. The normalized spacial score (nSPS) is 17.9. The smallest absolute Gasteiger partial charge is 0.118 e. The Bertz CT molecular complexity index is 324. The summed E-state index contributed by atoms with van der Waals surface area (Å²) in [6.45, 7) is 2.09. The molecule has 82 valence electrons. The Kier molecular flexibility index (Phi) is 3.30. The highest BCUT2D eigenvalue weighted by molar-refractivity contribution is 5.35. The summed E-state index contributed by atoms with van der Waals surface area (Å²) in [6, 6.07) is 5.93. The van der Waals surface area contributed by atoms with E-state index in [4.69, 9.17) is 0 Å². The monoisotopic (exact) mass is 204 g/mol. The van der Waals surface area contributed by atoms with Crippen LogP contribution in [-0.2, 0) is 6.42 Å². The fourth-order valence-corrected chi connectivity index (χ4v) is 2.58. The second kappa shape index (κ2) is 4.69. The number of aryl methyl sites for hydroxylation is 1. The Morgan fingerprint density at radius 2 is 1.93 bits per heavy atom. The van der Waals surface area contributed by atoms with Crippen LogP contribution in [0.3, 0.4) is 0 Å². The van der Waals surface area contributed by atoms with Gasteiger partial charge in [0.05, 0.1) is 0 Å². The molecule has 1 N–H and O–H groups in total. The quantitative estimate of drug-likeness (QED) is 0.776. The van der Waals surface area contributed by atoms with Crippen LogP contribution in [0.15, 0.2) is 18.2 Å². The standard InChI is InChI=1S/C14H20O/c1-11-7-8-14(15)13(9-11)10-12-5-3-2-4-6-12/h7-9,12,15H,2-6,10H2,1H3. The number of aromatic hydroxyl groups is 1. The van der Waals surface area contributed by atoms with E-state index < -0.39 is 0 Å². The van der Waals surface area contributed by atoms with E-state index >= 15 is 0 Å². The first-order valence-electron chi connectivity index (χ1n) is 6.04. The zero-order valence-corrected chi connectivity index (χ0v) is 9.50. The SMILES string of the molecule is Cc1ccc(O)c(CC2CCCCC2)c1. The molecule has 0 aromatic heterocycles. The van der Waals surface area contributed by atoms with Crippen LogP contribution >= 0.6 is 0 Å². The highest BCUT2D eigenvalue weighted by Crippen LogP contribution is 2.30. The summed E-state index contributed by atoms with van der Waals surface area (Å²) in [4.78, 5) is 0.